The summed E-state index contributed by atoms with van der Waals surface area (Å²) in [6.07, 6.45) is 1.65. The minimum absolute atomic E-state index is 0.0740. The molecule has 3 aromatic carbocycles. The number of hydrogen-bond donors (Lipinski definition) is 0. The minimum Gasteiger partial charge on any atom is -0.488 e. The normalized spacial score (nSPS) is 11.0. The van der Waals surface area contributed by atoms with Gasteiger partial charge in [0, 0.05) is 17.7 Å². The smallest absolute Gasteiger partial charge is 0.270 e. The molecule has 7 heteroatoms. The fourth-order valence-corrected chi connectivity index (χ4v) is 3.32. The Kier molecular flexibility index (Phi) is 6.57. The molecule has 0 heterocycles. The summed E-state index contributed by atoms with van der Waals surface area (Å²) in [4.78, 5) is 10.5. The van der Waals surface area contributed by atoms with Crippen LogP contribution in [0, 0.1) is 30.8 Å². The van der Waals surface area contributed by atoms with Crippen LogP contribution in [0.5, 0.6) is 5.75 Å². The molecule has 0 aliphatic rings. The minimum atomic E-state index is -0.497. The second-order valence-electron chi connectivity index (χ2n) is 6.05. The third-order valence-electron chi connectivity index (χ3n) is 4.10. The molecule has 144 valence electrons. The average Bonchev–Trinajstić information content (AvgIpc) is 2.72. The Labute approximate surface area is 180 Å². The molecule has 0 spiro atoms. The van der Waals surface area contributed by atoms with Crippen LogP contribution in [0.15, 0.2) is 66.7 Å². The van der Waals surface area contributed by atoms with Crippen molar-refractivity contribution in [2.45, 2.75) is 6.61 Å². The van der Waals surface area contributed by atoms with Crippen LogP contribution in [0.2, 0.25) is 0 Å². The van der Waals surface area contributed by atoms with Gasteiger partial charge in [-0.15, -0.1) is 0 Å². The van der Waals surface area contributed by atoms with Gasteiger partial charge in [0.25, 0.3) is 5.69 Å². The highest BCUT2D eigenvalue weighted by molar-refractivity contribution is 14.1. The molecule has 0 radical (unpaired) electrons. The summed E-state index contributed by atoms with van der Waals surface area (Å²) < 4.78 is 20.2. The summed E-state index contributed by atoms with van der Waals surface area (Å²) in [6.45, 7) is 0.106. The lowest BCUT2D eigenvalue weighted by atomic mass is 10.0. The van der Waals surface area contributed by atoms with Crippen molar-refractivity contribution in [2.24, 2.45) is 0 Å². The fraction of sp³-hybridized carbons (Fsp3) is 0.0455. The van der Waals surface area contributed by atoms with E-state index in [0.29, 0.717) is 22.4 Å². The van der Waals surface area contributed by atoms with Gasteiger partial charge in [-0.05, 0) is 58.0 Å². The van der Waals surface area contributed by atoms with Gasteiger partial charge < -0.3 is 4.74 Å². The Morgan fingerprint density at radius 3 is 2.66 bits per heavy atom. The molecule has 0 unspecified atom stereocenters. The van der Waals surface area contributed by atoms with E-state index in [2.05, 4.69) is 28.7 Å². The molecule has 0 aliphatic heterocycles. The van der Waals surface area contributed by atoms with E-state index in [4.69, 9.17) is 4.74 Å². The molecule has 0 aromatic heterocycles. The lowest BCUT2D eigenvalue weighted by molar-refractivity contribution is -0.384. The molecular formula is C22H14FIN2O3. The number of nitrogens with zero attached hydrogens (tertiary/aromatic N) is 2. The first-order valence-corrected chi connectivity index (χ1v) is 9.58. The molecule has 0 saturated heterocycles. The Bertz CT molecular complexity index is 1140. The zero-order valence-corrected chi connectivity index (χ0v) is 17.2. The number of nitro groups is 1. The summed E-state index contributed by atoms with van der Waals surface area (Å²) in [5, 5.41) is 20.4. The Morgan fingerprint density at radius 2 is 1.97 bits per heavy atom. The molecule has 5 nitrogen and oxygen atoms in total. The quantitative estimate of drug-likeness (QED) is 0.137. The molecule has 0 fully saturated rings. The van der Waals surface area contributed by atoms with Gasteiger partial charge in [-0.2, -0.15) is 5.26 Å². The van der Waals surface area contributed by atoms with E-state index >= 15 is 0 Å². The van der Waals surface area contributed by atoms with Gasteiger partial charge in [0.05, 0.1) is 20.1 Å². The van der Waals surface area contributed by atoms with Crippen molar-refractivity contribution in [3.05, 3.63) is 103 Å². The largest absolute Gasteiger partial charge is 0.488 e. The lowest BCUT2D eigenvalue weighted by Gasteiger charge is -2.10. The maximum atomic E-state index is 13.7. The Balaban J connectivity index is 1.81. The summed E-state index contributed by atoms with van der Waals surface area (Å²) in [7, 11) is 0. The molecule has 3 aromatic rings. The maximum Gasteiger partial charge on any atom is 0.270 e. The Morgan fingerprint density at radius 1 is 1.17 bits per heavy atom. The van der Waals surface area contributed by atoms with E-state index in [0.717, 1.165) is 9.13 Å². The van der Waals surface area contributed by atoms with E-state index in [1.807, 2.05) is 6.07 Å². The summed E-state index contributed by atoms with van der Waals surface area (Å²) in [6, 6.07) is 19.8. The van der Waals surface area contributed by atoms with Crippen LogP contribution in [0.3, 0.4) is 0 Å². The molecule has 3 rings (SSSR count). The van der Waals surface area contributed by atoms with Crippen LogP contribution in [0.4, 0.5) is 10.1 Å². The van der Waals surface area contributed by atoms with Gasteiger partial charge >= 0.3 is 0 Å². The average molecular weight is 500 g/mol. The fourth-order valence-electron chi connectivity index (χ4n) is 2.63. The highest BCUT2D eigenvalue weighted by atomic mass is 127. The van der Waals surface area contributed by atoms with Crippen molar-refractivity contribution in [1.29, 1.82) is 5.26 Å². The van der Waals surface area contributed by atoms with Crippen molar-refractivity contribution >= 4 is 39.9 Å². The lowest BCUT2D eigenvalue weighted by Crippen LogP contribution is -1.99. The summed E-state index contributed by atoms with van der Waals surface area (Å²) in [5.41, 5.74) is 1.91. The van der Waals surface area contributed by atoms with Gasteiger partial charge in [0.15, 0.2) is 0 Å². The van der Waals surface area contributed by atoms with Crippen LogP contribution >= 0.6 is 22.6 Å². The van der Waals surface area contributed by atoms with Crippen LogP contribution in [0.25, 0.3) is 11.6 Å². The monoisotopic (exact) mass is 500 g/mol. The third-order valence-corrected chi connectivity index (χ3v) is 4.94. The number of nitriles is 1. The molecule has 0 bridgehead atoms. The molecule has 0 saturated carbocycles. The van der Waals surface area contributed by atoms with Crippen LogP contribution in [0.1, 0.15) is 16.7 Å². The van der Waals surface area contributed by atoms with Crippen molar-refractivity contribution < 1.29 is 14.1 Å². The molecular weight excluding hydrogens is 486 g/mol. The number of hydrogen-bond acceptors (Lipinski definition) is 4. The summed E-state index contributed by atoms with van der Waals surface area (Å²) in [5.74, 6) is 0.275. The number of allylic oxidation sites excluding steroid dienone is 1. The first kappa shape index (κ1) is 20.5. The van der Waals surface area contributed by atoms with Crippen LogP contribution in [-0.4, -0.2) is 4.92 Å². The van der Waals surface area contributed by atoms with E-state index in [1.54, 1.807) is 48.5 Å². The van der Waals surface area contributed by atoms with Crippen molar-refractivity contribution in [2.75, 3.05) is 0 Å². The van der Waals surface area contributed by atoms with Crippen LogP contribution in [-0.2, 0) is 6.61 Å². The van der Waals surface area contributed by atoms with Crippen molar-refractivity contribution in [3.63, 3.8) is 0 Å². The van der Waals surface area contributed by atoms with Crippen molar-refractivity contribution in [3.8, 4) is 11.8 Å². The molecule has 0 N–H and O–H groups in total. The van der Waals surface area contributed by atoms with Gasteiger partial charge in [0.2, 0.25) is 0 Å². The second kappa shape index (κ2) is 9.30. The van der Waals surface area contributed by atoms with Crippen molar-refractivity contribution in [1.82, 2.24) is 0 Å². The predicted octanol–water partition coefficient (Wildman–Crippen LogP) is 5.98. The molecule has 0 aliphatic carbocycles. The van der Waals surface area contributed by atoms with Gasteiger partial charge in [-0.3, -0.25) is 10.1 Å². The van der Waals surface area contributed by atoms with Crippen LogP contribution < -0.4 is 4.74 Å². The highest BCUT2D eigenvalue weighted by Gasteiger charge is 2.10. The number of non-ortho nitro benzene ring substituents is 1. The van der Waals surface area contributed by atoms with Gasteiger partial charge in [-0.25, -0.2) is 4.39 Å². The predicted molar refractivity (Wildman–Crippen MR) is 116 cm³/mol. The number of rotatable bonds is 6. The molecule has 29 heavy (non-hydrogen) atoms. The zero-order chi connectivity index (χ0) is 20.8. The number of benzene rings is 3. The number of halogens is 2. The summed E-state index contributed by atoms with van der Waals surface area (Å²) >= 11 is 2.10. The number of ether oxygens (including phenoxy) is 1. The number of nitro benzene ring substituents is 1. The van der Waals surface area contributed by atoms with E-state index in [-0.39, 0.29) is 18.1 Å². The standard InChI is InChI=1S/C22H14FIN2O3/c23-20-7-2-1-4-17(20)14-29-22-9-8-15(11-21(22)24)10-18(13-25)16-5-3-6-19(12-16)26(27)28/h1-12H,14H2/b18-10-. The van der Waals surface area contributed by atoms with E-state index in [9.17, 15) is 19.8 Å². The second-order valence-corrected chi connectivity index (χ2v) is 7.21. The molecule has 0 atom stereocenters. The zero-order valence-electron chi connectivity index (χ0n) is 15.0. The topological polar surface area (TPSA) is 76.2 Å². The molecule has 0 amide bonds. The van der Waals surface area contributed by atoms with E-state index in [1.165, 1.54) is 18.2 Å². The SMILES string of the molecule is N#C/C(=C/c1ccc(OCc2ccccc2F)c(I)c1)c1cccc([N+](=O)[O-])c1. The third kappa shape index (κ3) is 5.18. The first-order valence-electron chi connectivity index (χ1n) is 8.50. The first-order chi connectivity index (χ1) is 14.0. The highest BCUT2D eigenvalue weighted by Crippen LogP contribution is 2.27. The van der Waals surface area contributed by atoms with E-state index < -0.39 is 4.92 Å². The van der Waals surface area contributed by atoms with Gasteiger partial charge in [0.1, 0.15) is 18.2 Å². The van der Waals surface area contributed by atoms with Gasteiger partial charge in [-0.1, -0.05) is 36.4 Å². The Hall–Kier alpha value is -3.25. The maximum absolute atomic E-state index is 13.7.